The number of para-hydroxylation sites is 1. The van der Waals surface area contributed by atoms with Gasteiger partial charge < -0.3 is 14.6 Å². The predicted octanol–water partition coefficient (Wildman–Crippen LogP) is 7.40. The Labute approximate surface area is 203 Å². The van der Waals surface area contributed by atoms with Crippen molar-refractivity contribution in [1.82, 2.24) is 4.98 Å². The van der Waals surface area contributed by atoms with Crippen LogP contribution in [0.5, 0.6) is 5.75 Å². The smallest absolute Gasteiger partial charge is 0.125 e. The molecule has 1 aromatic heterocycles. The molecule has 0 fully saturated rings. The monoisotopic (exact) mass is 476 g/mol. The van der Waals surface area contributed by atoms with Crippen LogP contribution in [0.1, 0.15) is 36.6 Å². The van der Waals surface area contributed by atoms with E-state index in [-0.39, 0.29) is 5.92 Å². The highest BCUT2D eigenvalue weighted by molar-refractivity contribution is 7.99. The molecule has 3 aromatic carbocycles. The van der Waals surface area contributed by atoms with E-state index in [4.69, 9.17) is 9.72 Å². The van der Waals surface area contributed by atoms with Crippen molar-refractivity contribution >= 4 is 29.0 Å². The number of nitrogens with zero attached hydrogens (tertiary/aromatic N) is 1. The van der Waals surface area contributed by atoms with E-state index in [1.165, 1.54) is 0 Å². The normalized spacial score (nSPS) is 12.8. The fraction of sp³-hybridized carbons (Fsp3) is 0.222. The van der Waals surface area contributed by atoms with E-state index < -0.39 is 6.10 Å². The van der Waals surface area contributed by atoms with Gasteiger partial charge in [0.1, 0.15) is 10.8 Å². The summed E-state index contributed by atoms with van der Waals surface area (Å²) < 4.78 is 9.01. The molecule has 0 amide bonds. The van der Waals surface area contributed by atoms with Gasteiger partial charge in [-0.2, -0.15) is 0 Å². The van der Waals surface area contributed by atoms with Crippen molar-refractivity contribution in [3.8, 4) is 27.4 Å². The fourth-order valence-electron chi connectivity index (χ4n) is 3.90. The molecule has 2 unspecified atom stereocenters. The van der Waals surface area contributed by atoms with Gasteiger partial charge in [-0.25, -0.2) is 4.98 Å². The molecule has 0 aliphatic carbocycles. The lowest BCUT2D eigenvalue weighted by atomic mass is 9.94. The van der Waals surface area contributed by atoms with Gasteiger partial charge in [0.2, 0.25) is 0 Å². The summed E-state index contributed by atoms with van der Waals surface area (Å²) in [6, 6.07) is 24.4. The topological polar surface area (TPSA) is 54.4 Å². The number of benzene rings is 3. The summed E-state index contributed by atoms with van der Waals surface area (Å²) in [4.78, 5) is 4.82. The Morgan fingerprint density at radius 3 is 2.55 bits per heavy atom. The number of rotatable bonds is 9. The van der Waals surface area contributed by atoms with Crippen molar-refractivity contribution in [3.63, 3.8) is 0 Å². The van der Waals surface area contributed by atoms with Crippen molar-refractivity contribution < 1.29 is 9.84 Å². The number of thiazole rings is 1. The van der Waals surface area contributed by atoms with Crippen molar-refractivity contribution in [2.45, 2.75) is 25.4 Å². The molecule has 170 valence electrons. The Hall–Kier alpha value is -2.80. The summed E-state index contributed by atoms with van der Waals surface area (Å²) in [6.07, 6.45) is 1.92. The lowest BCUT2D eigenvalue weighted by molar-refractivity contribution is 0.155. The highest BCUT2D eigenvalue weighted by atomic mass is 32.2. The van der Waals surface area contributed by atoms with Gasteiger partial charge in [-0.3, -0.25) is 0 Å². The summed E-state index contributed by atoms with van der Waals surface area (Å²) in [7, 11) is 1.65. The quantitative estimate of drug-likeness (QED) is 0.246. The third-order valence-corrected chi connectivity index (χ3v) is 7.00. The van der Waals surface area contributed by atoms with E-state index in [0.717, 1.165) is 38.6 Å². The number of anilines is 1. The molecule has 4 rings (SSSR count). The summed E-state index contributed by atoms with van der Waals surface area (Å²) in [6.45, 7) is 2.11. The Morgan fingerprint density at radius 2 is 1.79 bits per heavy atom. The zero-order valence-electron chi connectivity index (χ0n) is 19.0. The number of hydrogen-bond donors (Lipinski definition) is 2. The average molecular weight is 477 g/mol. The summed E-state index contributed by atoms with van der Waals surface area (Å²) >= 11 is 3.20. The van der Waals surface area contributed by atoms with E-state index in [1.54, 1.807) is 30.4 Å². The van der Waals surface area contributed by atoms with E-state index in [1.807, 2.05) is 54.8 Å². The van der Waals surface area contributed by atoms with Crippen LogP contribution in [0.2, 0.25) is 0 Å². The van der Waals surface area contributed by atoms with Crippen LogP contribution < -0.4 is 9.46 Å². The first-order valence-corrected chi connectivity index (χ1v) is 13.0. The maximum atomic E-state index is 11.1. The molecule has 4 nitrogen and oxygen atoms in total. The van der Waals surface area contributed by atoms with E-state index in [9.17, 15) is 5.11 Å². The Bertz CT molecular complexity index is 1190. The molecule has 6 heteroatoms. The van der Waals surface area contributed by atoms with Gasteiger partial charge in [-0.1, -0.05) is 79.5 Å². The van der Waals surface area contributed by atoms with Crippen molar-refractivity contribution in [1.29, 1.82) is 0 Å². The second kappa shape index (κ2) is 10.9. The van der Waals surface area contributed by atoms with Crippen LogP contribution in [0.4, 0.5) is 5.69 Å². The van der Waals surface area contributed by atoms with Crippen LogP contribution in [-0.2, 0) is 0 Å². The van der Waals surface area contributed by atoms with Crippen LogP contribution in [-0.4, -0.2) is 23.5 Å². The fourth-order valence-corrected chi connectivity index (χ4v) is 5.24. The minimum Gasteiger partial charge on any atom is -0.496 e. The largest absolute Gasteiger partial charge is 0.496 e. The summed E-state index contributed by atoms with van der Waals surface area (Å²) in [5.74, 6) is 0.805. The molecular formula is C27H28N2O2S2. The number of aromatic nitrogens is 1. The third kappa shape index (κ3) is 5.41. The number of methoxy groups -OCH3 is 1. The number of aliphatic hydroxyl groups excluding tert-OH is 1. The molecular weight excluding hydrogens is 448 g/mol. The van der Waals surface area contributed by atoms with Crippen LogP contribution in [0.15, 0.2) is 78.2 Å². The Kier molecular flexibility index (Phi) is 7.70. The lowest BCUT2D eigenvalue weighted by Gasteiger charge is -2.19. The van der Waals surface area contributed by atoms with Gasteiger partial charge in [0.05, 0.1) is 24.6 Å². The number of ether oxygens (including phenoxy) is 1. The highest BCUT2D eigenvalue weighted by Crippen LogP contribution is 2.38. The van der Waals surface area contributed by atoms with Gasteiger partial charge in [0.15, 0.2) is 0 Å². The molecule has 1 heterocycles. The Balaban J connectivity index is 1.53. The van der Waals surface area contributed by atoms with E-state index >= 15 is 0 Å². The summed E-state index contributed by atoms with van der Waals surface area (Å²) in [5, 5.41) is 14.2. The van der Waals surface area contributed by atoms with Crippen molar-refractivity contribution in [2.24, 2.45) is 0 Å². The van der Waals surface area contributed by atoms with E-state index in [2.05, 4.69) is 41.3 Å². The average Bonchev–Trinajstić information content (AvgIpc) is 3.35. The SMILES string of the molecule is COc1cc(-c2ccccc2NSC)ccc1C(O)CC(C)c1csc(-c2ccccc2)n1. The zero-order valence-corrected chi connectivity index (χ0v) is 20.6. The summed E-state index contributed by atoms with van der Waals surface area (Å²) in [5.41, 5.74) is 6.10. The molecule has 0 aliphatic heterocycles. The van der Waals surface area contributed by atoms with Gasteiger partial charge in [0, 0.05) is 34.2 Å². The van der Waals surface area contributed by atoms with Crippen molar-refractivity contribution in [2.75, 3.05) is 18.1 Å². The van der Waals surface area contributed by atoms with Gasteiger partial charge in [-0.15, -0.1) is 11.3 Å². The minimum absolute atomic E-state index is 0.115. The first-order valence-electron chi connectivity index (χ1n) is 10.9. The standard InChI is InChI=1S/C27H28N2O2S2/c1-18(24-17-33-27(28-24)19-9-5-4-6-10-19)15-25(30)22-14-13-20(16-26(22)31-2)21-11-7-8-12-23(21)29-32-3/h4-14,16-18,25,29-30H,15H2,1-3H3. The molecule has 0 radical (unpaired) electrons. The van der Waals surface area contributed by atoms with E-state index in [0.29, 0.717) is 12.2 Å². The minimum atomic E-state index is -0.648. The molecule has 0 saturated carbocycles. The molecule has 0 saturated heterocycles. The van der Waals surface area contributed by atoms with Crippen LogP contribution in [0.3, 0.4) is 0 Å². The maximum Gasteiger partial charge on any atom is 0.125 e. The van der Waals surface area contributed by atoms with Gasteiger partial charge in [-0.05, 0) is 24.1 Å². The first kappa shape index (κ1) is 23.4. The second-order valence-electron chi connectivity index (χ2n) is 7.90. The first-order chi connectivity index (χ1) is 16.1. The number of hydrogen-bond acceptors (Lipinski definition) is 6. The predicted molar refractivity (Wildman–Crippen MR) is 141 cm³/mol. The molecule has 0 bridgehead atoms. The van der Waals surface area contributed by atoms with Crippen LogP contribution >= 0.6 is 23.3 Å². The number of aliphatic hydroxyl groups is 1. The zero-order chi connectivity index (χ0) is 23.2. The van der Waals surface area contributed by atoms with Crippen LogP contribution in [0, 0.1) is 0 Å². The second-order valence-corrected chi connectivity index (χ2v) is 9.38. The Morgan fingerprint density at radius 1 is 1.03 bits per heavy atom. The maximum absolute atomic E-state index is 11.1. The number of nitrogens with one attached hydrogen (secondary N) is 1. The molecule has 4 aromatic rings. The molecule has 33 heavy (non-hydrogen) atoms. The van der Waals surface area contributed by atoms with Crippen molar-refractivity contribution in [3.05, 3.63) is 89.4 Å². The molecule has 0 spiro atoms. The molecule has 2 atom stereocenters. The van der Waals surface area contributed by atoms with Crippen LogP contribution in [0.25, 0.3) is 21.7 Å². The lowest BCUT2D eigenvalue weighted by Crippen LogP contribution is -2.06. The van der Waals surface area contributed by atoms with Gasteiger partial charge in [0.25, 0.3) is 0 Å². The van der Waals surface area contributed by atoms with Gasteiger partial charge >= 0.3 is 0 Å². The third-order valence-electron chi connectivity index (χ3n) is 5.67. The molecule has 0 aliphatic rings. The molecule has 2 N–H and O–H groups in total. The highest BCUT2D eigenvalue weighted by Gasteiger charge is 2.20.